The van der Waals surface area contributed by atoms with Crippen molar-refractivity contribution in [2.45, 2.75) is 11.8 Å². The number of sulfonamides is 1. The zero-order chi connectivity index (χ0) is 15.3. The van der Waals surface area contributed by atoms with Crippen molar-refractivity contribution >= 4 is 26.0 Å². The van der Waals surface area contributed by atoms with Crippen LogP contribution in [-0.4, -0.2) is 21.6 Å². The minimum Gasteiger partial charge on any atom is -0.492 e. The number of nitrogens with one attached hydrogen (secondary N) is 1. The maximum atomic E-state index is 12.0. The van der Waals surface area contributed by atoms with Crippen LogP contribution >= 0.6 is 15.9 Å². The third kappa shape index (κ3) is 4.84. The van der Waals surface area contributed by atoms with Crippen LogP contribution in [0.2, 0.25) is 0 Å². The highest BCUT2D eigenvalue weighted by atomic mass is 79.9. The minimum atomic E-state index is -3.48. The van der Waals surface area contributed by atoms with Crippen molar-refractivity contribution < 1.29 is 13.2 Å². The molecule has 0 unspecified atom stereocenters. The first-order chi connectivity index (χ1) is 9.97. The largest absolute Gasteiger partial charge is 0.492 e. The summed E-state index contributed by atoms with van der Waals surface area (Å²) in [7, 11) is -3.48. The number of benzene rings is 2. The van der Waals surface area contributed by atoms with E-state index in [0.29, 0.717) is 5.75 Å². The fourth-order valence-corrected chi connectivity index (χ4v) is 3.09. The smallest absolute Gasteiger partial charge is 0.240 e. The lowest BCUT2D eigenvalue weighted by molar-refractivity contribution is 0.322. The van der Waals surface area contributed by atoms with Crippen LogP contribution in [0.5, 0.6) is 5.75 Å². The highest BCUT2D eigenvalue weighted by molar-refractivity contribution is 9.10. The van der Waals surface area contributed by atoms with Crippen LogP contribution in [0.3, 0.4) is 0 Å². The molecule has 0 heterocycles. The molecular weight excluding hydrogens is 354 g/mol. The first-order valence-electron chi connectivity index (χ1n) is 6.42. The summed E-state index contributed by atoms with van der Waals surface area (Å²) in [6, 6.07) is 14.1. The van der Waals surface area contributed by atoms with E-state index in [2.05, 4.69) is 20.7 Å². The Morgan fingerprint density at radius 3 is 2.52 bits per heavy atom. The third-order valence-electron chi connectivity index (χ3n) is 2.79. The molecule has 0 aromatic heterocycles. The maximum absolute atomic E-state index is 12.0. The van der Waals surface area contributed by atoms with Crippen molar-refractivity contribution in [2.24, 2.45) is 0 Å². The molecule has 0 aliphatic heterocycles. The van der Waals surface area contributed by atoms with Gasteiger partial charge < -0.3 is 4.74 Å². The number of halogens is 1. The van der Waals surface area contributed by atoms with Crippen molar-refractivity contribution in [1.29, 1.82) is 0 Å². The number of aryl methyl sites for hydroxylation is 1. The first kappa shape index (κ1) is 16.0. The highest BCUT2D eigenvalue weighted by Gasteiger charge is 2.12. The van der Waals surface area contributed by atoms with E-state index in [1.165, 1.54) is 0 Å². The Morgan fingerprint density at radius 2 is 1.86 bits per heavy atom. The Kier molecular flexibility index (Phi) is 5.39. The molecule has 2 aromatic carbocycles. The molecule has 0 fully saturated rings. The summed E-state index contributed by atoms with van der Waals surface area (Å²) in [5.74, 6) is 0.693. The zero-order valence-corrected chi connectivity index (χ0v) is 13.9. The molecule has 0 bridgehead atoms. The van der Waals surface area contributed by atoms with Crippen LogP contribution in [0.4, 0.5) is 0 Å². The van der Waals surface area contributed by atoms with Crippen LogP contribution < -0.4 is 9.46 Å². The van der Waals surface area contributed by atoms with Gasteiger partial charge in [0.2, 0.25) is 10.0 Å². The van der Waals surface area contributed by atoms with Gasteiger partial charge in [-0.2, -0.15) is 0 Å². The molecule has 2 aromatic rings. The average Bonchev–Trinajstić information content (AvgIpc) is 2.44. The molecule has 6 heteroatoms. The number of ether oxygens (including phenoxy) is 1. The monoisotopic (exact) mass is 369 g/mol. The SMILES string of the molecule is Cc1ccc(S(=O)(=O)NCCOc2cccc(Br)c2)cc1. The van der Waals surface area contributed by atoms with Gasteiger partial charge in [-0.3, -0.25) is 0 Å². The Balaban J connectivity index is 1.86. The molecular formula is C15H16BrNO3S. The van der Waals surface area contributed by atoms with Crippen LogP contribution in [0.15, 0.2) is 57.9 Å². The predicted octanol–water partition coefficient (Wildman–Crippen LogP) is 3.11. The Hall–Kier alpha value is -1.37. The number of rotatable bonds is 6. The summed E-state index contributed by atoms with van der Waals surface area (Å²) in [4.78, 5) is 0.260. The fraction of sp³-hybridized carbons (Fsp3) is 0.200. The van der Waals surface area contributed by atoms with Gasteiger partial charge in [-0.15, -0.1) is 0 Å². The number of hydrogen-bond donors (Lipinski definition) is 1. The van der Waals surface area contributed by atoms with Crippen LogP contribution in [0.25, 0.3) is 0 Å². The molecule has 0 spiro atoms. The van der Waals surface area contributed by atoms with Gasteiger partial charge in [-0.05, 0) is 37.3 Å². The van der Waals surface area contributed by atoms with Crippen LogP contribution in [0.1, 0.15) is 5.56 Å². The molecule has 2 rings (SSSR count). The molecule has 0 amide bonds. The van der Waals surface area contributed by atoms with Crippen LogP contribution in [-0.2, 0) is 10.0 Å². The van der Waals surface area contributed by atoms with Crippen molar-refractivity contribution in [3.05, 3.63) is 58.6 Å². The lowest BCUT2D eigenvalue weighted by atomic mass is 10.2. The van der Waals surface area contributed by atoms with Gasteiger partial charge >= 0.3 is 0 Å². The van der Waals surface area contributed by atoms with Crippen LogP contribution in [0, 0.1) is 6.92 Å². The topological polar surface area (TPSA) is 55.4 Å². The molecule has 0 radical (unpaired) electrons. The zero-order valence-electron chi connectivity index (χ0n) is 11.5. The summed E-state index contributed by atoms with van der Waals surface area (Å²) in [6.45, 7) is 2.39. The van der Waals surface area contributed by atoms with Crippen molar-refractivity contribution in [2.75, 3.05) is 13.2 Å². The summed E-state index contributed by atoms with van der Waals surface area (Å²) >= 11 is 3.35. The van der Waals surface area contributed by atoms with Crippen molar-refractivity contribution in [3.63, 3.8) is 0 Å². The van der Waals surface area contributed by atoms with Gasteiger partial charge in [0.1, 0.15) is 12.4 Å². The summed E-state index contributed by atoms with van der Waals surface area (Å²) in [6.07, 6.45) is 0. The van der Waals surface area contributed by atoms with Crippen molar-refractivity contribution in [1.82, 2.24) is 4.72 Å². The van der Waals surface area contributed by atoms with Gasteiger partial charge in [0.15, 0.2) is 0 Å². The lowest BCUT2D eigenvalue weighted by Crippen LogP contribution is -2.28. The molecule has 0 atom stereocenters. The van der Waals surface area contributed by atoms with Gasteiger partial charge in [0, 0.05) is 11.0 Å². The quantitative estimate of drug-likeness (QED) is 0.795. The van der Waals surface area contributed by atoms with E-state index in [1.54, 1.807) is 24.3 Å². The standard InChI is InChI=1S/C15H16BrNO3S/c1-12-5-7-15(8-6-12)21(18,19)17-9-10-20-14-4-2-3-13(16)11-14/h2-8,11,17H,9-10H2,1H3. The van der Waals surface area contributed by atoms with E-state index in [-0.39, 0.29) is 18.0 Å². The predicted molar refractivity (Wildman–Crippen MR) is 86.0 cm³/mol. The van der Waals surface area contributed by atoms with Gasteiger partial charge in [0.25, 0.3) is 0 Å². The summed E-state index contributed by atoms with van der Waals surface area (Å²) < 4.78 is 33.0. The molecule has 21 heavy (non-hydrogen) atoms. The lowest BCUT2D eigenvalue weighted by Gasteiger charge is -2.09. The molecule has 0 aliphatic rings. The Morgan fingerprint density at radius 1 is 1.14 bits per heavy atom. The molecule has 0 saturated carbocycles. The minimum absolute atomic E-state index is 0.211. The fourth-order valence-electron chi connectivity index (χ4n) is 1.70. The summed E-state index contributed by atoms with van der Waals surface area (Å²) in [5.41, 5.74) is 1.02. The van der Waals surface area contributed by atoms with E-state index >= 15 is 0 Å². The van der Waals surface area contributed by atoms with E-state index in [1.807, 2.05) is 31.2 Å². The first-order valence-corrected chi connectivity index (χ1v) is 8.70. The second-order valence-corrected chi connectivity index (χ2v) is 7.20. The van der Waals surface area contributed by atoms with E-state index in [0.717, 1.165) is 10.0 Å². The van der Waals surface area contributed by atoms with Gasteiger partial charge in [0.05, 0.1) is 4.90 Å². The van der Waals surface area contributed by atoms with E-state index < -0.39 is 10.0 Å². The molecule has 1 N–H and O–H groups in total. The second-order valence-electron chi connectivity index (χ2n) is 4.52. The van der Waals surface area contributed by atoms with Gasteiger partial charge in [-0.25, -0.2) is 13.1 Å². The van der Waals surface area contributed by atoms with Gasteiger partial charge in [-0.1, -0.05) is 39.7 Å². The molecule has 0 saturated heterocycles. The maximum Gasteiger partial charge on any atom is 0.240 e. The average molecular weight is 370 g/mol. The molecule has 112 valence electrons. The second kappa shape index (κ2) is 7.06. The summed E-state index contributed by atoms with van der Waals surface area (Å²) in [5, 5.41) is 0. The molecule has 0 aliphatic carbocycles. The third-order valence-corrected chi connectivity index (χ3v) is 4.76. The normalized spacial score (nSPS) is 11.3. The van der Waals surface area contributed by atoms with Crippen molar-refractivity contribution in [3.8, 4) is 5.75 Å². The van der Waals surface area contributed by atoms with E-state index in [9.17, 15) is 8.42 Å². The number of hydrogen-bond acceptors (Lipinski definition) is 3. The molecule has 4 nitrogen and oxygen atoms in total. The Labute approximate surface area is 133 Å². The van der Waals surface area contributed by atoms with E-state index in [4.69, 9.17) is 4.74 Å². The Bertz CT molecular complexity index is 699. The highest BCUT2D eigenvalue weighted by Crippen LogP contribution is 2.17.